The molecule has 0 bridgehead atoms. The SMILES string of the molecule is Cn1nc(CC(O)c2c(F)cccc2Br)c2ccccc21. The largest absolute Gasteiger partial charge is 0.388 e. The summed E-state index contributed by atoms with van der Waals surface area (Å²) in [6.45, 7) is 0. The van der Waals surface area contributed by atoms with Crippen molar-refractivity contribution in [2.24, 2.45) is 7.05 Å². The highest BCUT2D eigenvalue weighted by atomic mass is 79.9. The molecular formula is C16H14BrFN2O. The Morgan fingerprint density at radius 2 is 2.00 bits per heavy atom. The molecule has 3 rings (SSSR count). The molecule has 0 radical (unpaired) electrons. The summed E-state index contributed by atoms with van der Waals surface area (Å²) in [5, 5.41) is 15.8. The summed E-state index contributed by atoms with van der Waals surface area (Å²) in [5.41, 5.74) is 2.02. The Morgan fingerprint density at radius 3 is 2.76 bits per heavy atom. The van der Waals surface area contributed by atoms with Crippen LogP contribution in [-0.4, -0.2) is 14.9 Å². The Labute approximate surface area is 130 Å². The van der Waals surface area contributed by atoms with Crippen LogP contribution in [0.2, 0.25) is 0 Å². The first-order valence-electron chi connectivity index (χ1n) is 6.60. The molecule has 108 valence electrons. The van der Waals surface area contributed by atoms with Crippen molar-refractivity contribution in [3.8, 4) is 0 Å². The first kappa shape index (κ1) is 14.2. The Bertz CT molecular complexity index is 780. The van der Waals surface area contributed by atoms with Gasteiger partial charge in [0, 0.05) is 28.9 Å². The molecular weight excluding hydrogens is 335 g/mol. The number of nitrogens with zero attached hydrogens (tertiary/aromatic N) is 2. The predicted octanol–water partition coefficient (Wildman–Crippen LogP) is 3.75. The predicted molar refractivity (Wildman–Crippen MR) is 83.5 cm³/mol. The zero-order valence-electron chi connectivity index (χ0n) is 11.4. The molecule has 1 unspecified atom stereocenters. The van der Waals surface area contributed by atoms with E-state index in [2.05, 4.69) is 21.0 Å². The van der Waals surface area contributed by atoms with Crippen molar-refractivity contribution in [2.45, 2.75) is 12.5 Å². The third-order valence-corrected chi connectivity index (χ3v) is 4.25. The summed E-state index contributed by atoms with van der Waals surface area (Å²) in [7, 11) is 1.86. The number of halogens is 2. The standard InChI is InChI=1S/C16H14BrFN2O/c1-20-14-8-3-2-5-10(14)13(19-20)9-15(21)16-11(17)6-4-7-12(16)18/h2-8,15,21H,9H2,1H3. The number of aliphatic hydroxyl groups is 1. The molecule has 21 heavy (non-hydrogen) atoms. The molecule has 3 nitrogen and oxygen atoms in total. The van der Waals surface area contributed by atoms with Crippen LogP contribution in [-0.2, 0) is 13.5 Å². The first-order valence-corrected chi connectivity index (χ1v) is 7.40. The maximum Gasteiger partial charge on any atom is 0.130 e. The van der Waals surface area contributed by atoms with Gasteiger partial charge in [-0.05, 0) is 18.2 Å². The second-order valence-electron chi connectivity index (χ2n) is 4.94. The highest BCUT2D eigenvalue weighted by molar-refractivity contribution is 9.10. The minimum absolute atomic E-state index is 0.265. The van der Waals surface area contributed by atoms with Gasteiger partial charge in [-0.2, -0.15) is 5.10 Å². The van der Waals surface area contributed by atoms with Crippen molar-refractivity contribution in [3.63, 3.8) is 0 Å². The summed E-state index contributed by atoms with van der Waals surface area (Å²) in [6, 6.07) is 12.5. The molecule has 2 aromatic carbocycles. The lowest BCUT2D eigenvalue weighted by atomic mass is 10.0. The highest BCUT2D eigenvalue weighted by Gasteiger charge is 2.19. The summed E-state index contributed by atoms with van der Waals surface area (Å²) < 4.78 is 16.2. The fourth-order valence-electron chi connectivity index (χ4n) is 2.55. The number of para-hydroxylation sites is 1. The van der Waals surface area contributed by atoms with Gasteiger partial charge in [0.2, 0.25) is 0 Å². The maximum absolute atomic E-state index is 13.9. The second-order valence-corrected chi connectivity index (χ2v) is 5.80. The van der Waals surface area contributed by atoms with Gasteiger partial charge in [-0.1, -0.05) is 40.2 Å². The van der Waals surface area contributed by atoms with Gasteiger partial charge in [0.1, 0.15) is 5.82 Å². The van der Waals surface area contributed by atoms with Gasteiger partial charge < -0.3 is 5.11 Å². The maximum atomic E-state index is 13.9. The third kappa shape index (κ3) is 2.59. The van der Waals surface area contributed by atoms with Crippen LogP contribution < -0.4 is 0 Å². The lowest BCUT2D eigenvalue weighted by Crippen LogP contribution is -2.06. The fraction of sp³-hybridized carbons (Fsp3) is 0.188. The van der Waals surface area contributed by atoms with Gasteiger partial charge in [-0.25, -0.2) is 4.39 Å². The molecule has 0 aliphatic rings. The molecule has 1 heterocycles. The number of aliphatic hydroxyl groups excluding tert-OH is 1. The van der Waals surface area contributed by atoms with Crippen molar-refractivity contribution < 1.29 is 9.50 Å². The van der Waals surface area contributed by atoms with Crippen molar-refractivity contribution in [2.75, 3.05) is 0 Å². The molecule has 5 heteroatoms. The summed E-state index contributed by atoms with van der Waals surface area (Å²) >= 11 is 3.29. The number of aryl methyl sites for hydroxylation is 1. The Hall–Kier alpha value is -1.72. The lowest BCUT2D eigenvalue weighted by molar-refractivity contribution is 0.171. The van der Waals surface area contributed by atoms with Crippen LogP contribution in [0, 0.1) is 5.82 Å². The van der Waals surface area contributed by atoms with Crippen molar-refractivity contribution in [3.05, 3.63) is 64.0 Å². The van der Waals surface area contributed by atoms with Gasteiger partial charge in [0.25, 0.3) is 0 Å². The summed E-state index contributed by atoms with van der Waals surface area (Å²) in [5.74, 6) is -0.419. The minimum Gasteiger partial charge on any atom is -0.388 e. The minimum atomic E-state index is -0.945. The molecule has 0 saturated heterocycles. The Morgan fingerprint density at radius 1 is 1.24 bits per heavy atom. The van der Waals surface area contributed by atoms with Crippen LogP contribution in [0.5, 0.6) is 0 Å². The van der Waals surface area contributed by atoms with E-state index in [1.54, 1.807) is 16.8 Å². The zero-order valence-corrected chi connectivity index (χ0v) is 13.0. The van der Waals surface area contributed by atoms with Gasteiger partial charge in [-0.15, -0.1) is 0 Å². The zero-order chi connectivity index (χ0) is 15.0. The van der Waals surface area contributed by atoms with E-state index in [1.165, 1.54) is 6.07 Å². The van der Waals surface area contributed by atoms with Crippen molar-refractivity contribution >= 4 is 26.8 Å². The molecule has 1 atom stereocenters. The number of fused-ring (bicyclic) bond motifs is 1. The molecule has 1 aromatic heterocycles. The van der Waals surface area contributed by atoms with Crippen molar-refractivity contribution in [1.82, 2.24) is 9.78 Å². The fourth-order valence-corrected chi connectivity index (χ4v) is 3.16. The van der Waals surface area contributed by atoms with E-state index in [9.17, 15) is 9.50 Å². The molecule has 0 fully saturated rings. The quantitative estimate of drug-likeness (QED) is 0.782. The van der Waals surface area contributed by atoms with E-state index >= 15 is 0 Å². The van der Waals surface area contributed by atoms with Crippen LogP contribution in [0.15, 0.2) is 46.9 Å². The monoisotopic (exact) mass is 348 g/mol. The van der Waals surface area contributed by atoms with Gasteiger partial charge in [-0.3, -0.25) is 4.68 Å². The van der Waals surface area contributed by atoms with Crippen LogP contribution in [0.4, 0.5) is 4.39 Å². The molecule has 1 N–H and O–H groups in total. The smallest absolute Gasteiger partial charge is 0.130 e. The normalized spacial score (nSPS) is 12.8. The Balaban J connectivity index is 1.99. The van der Waals surface area contributed by atoms with Crippen LogP contribution in [0.1, 0.15) is 17.4 Å². The van der Waals surface area contributed by atoms with Crippen molar-refractivity contribution in [1.29, 1.82) is 0 Å². The number of benzene rings is 2. The van der Waals surface area contributed by atoms with Gasteiger partial charge >= 0.3 is 0 Å². The number of rotatable bonds is 3. The van der Waals surface area contributed by atoms with Gasteiger partial charge in [0.05, 0.1) is 17.3 Å². The average molecular weight is 349 g/mol. The van der Waals surface area contributed by atoms with E-state index < -0.39 is 11.9 Å². The third-order valence-electron chi connectivity index (χ3n) is 3.55. The second kappa shape index (κ2) is 5.58. The molecule has 0 aliphatic carbocycles. The number of aromatic nitrogens is 2. The lowest BCUT2D eigenvalue weighted by Gasteiger charge is -2.12. The van der Waals surface area contributed by atoms with Crippen LogP contribution in [0.25, 0.3) is 10.9 Å². The molecule has 0 amide bonds. The van der Waals surface area contributed by atoms with Crippen LogP contribution in [0.3, 0.4) is 0 Å². The van der Waals surface area contributed by atoms with E-state index in [4.69, 9.17) is 0 Å². The topological polar surface area (TPSA) is 38.0 Å². The molecule has 0 spiro atoms. The van der Waals surface area contributed by atoms with Gasteiger partial charge in [0.15, 0.2) is 0 Å². The average Bonchev–Trinajstić information content (AvgIpc) is 2.76. The summed E-state index contributed by atoms with van der Waals surface area (Å²) in [6.07, 6.45) is -0.681. The summed E-state index contributed by atoms with van der Waals surface area (Å²) in [4.78, 5) is 0. The highest BCUT2D eigenvalue weighted by Crippen LogP contribution is 2.30. The molecule has 0 aliphatic heterocycles. The molecule has 3 aromatic rings. The number of hydrogen-bond acceptors (Lipinski definition) is 2. The van der Waals surface area contributed by atoms with Crippen LogP contribution >= 0.6 is 15.9 Å². The first-order chi connectivity index (χ1) is 10.1. The number of hydrogen-bond donors (Lipinski definition) is 1. The van der Waals surface area contributed by atoms with E-state index in [0.29, 0.717) is 4.47 Å². The molecule has 0 saturated carbocycles. The van der Waals surface area contributed by atoms with E-state index in [-0.39, 0.29) is 12.0 Å². The van der Waals surface area contributed by atoms with E-state index in [0.717, 1.165) is 16.6 Å². The Kier molecular flexibility index (Phi) is 3.78. The van der Waals surface area contributed by atoms with E-state index in [1.807, 2.05) is 31.3 Å².